The normalized spacial score (nSPS) is 11.7. The minimum absolute atomic E-state index is 0.455. The van der Waals surface area contributed by atoms with Crippen LogP contribution in [-0.4, -0.2) is 21.4 Å². The van der Waals surface area contributed by atoms with Crippen molar-refractivity contribution in [2.24, 2.45) is 5.73 Å². The summed E-state index contributed by atoms with van der Waals surface area (Å²) in [7, 11) is -2.31. The molecular weight excluding hydrogens is 118 g/mol. The fourth-order valence-corrected chi connectivity index (χ4v) is 0.204. The zero-order valence-electron chi connectivity index (χ0n) is 3.92. The van der Waals surface area contributed by atoms with E-state index in [9.17, 15) is 8.42 Å². The van der Waals surface area contributed by atoms with Crippen molar-refractivity contribution in [1.29, 1.82) is 0 Å². The molecule has 0 rings (SSSR count). The van der Waals surface area contributed by atoms with Crippen LogP contribution in [0.15, 0.2) is 0 Å². The van der Waals surface area contributed by atoms with Gasteiger partial charge in [0, 0.05) is 0 Å². The van der Waals surface area contributed by atoms with Crippen molar-refractivity contribution in [2.45, 2.75) is 0 Å². The van der Waals surface area contributed by atoms with E-state index in [0.29, 0.717) is 0 Å². The molecule has 0 fully saturated rings. The van der Waals surface area contributed by atoms with E-state index in [0.717, 1.165) is 7.11 Å². The molecule has 0 atom stereocenters. The molecule has 0 radical (unpaired) electrons. The third-order valence-electron chi connectivity index (χ3n) is 0.458. The van der Waals surface area contributed by atoms with Gasteiger partial charge in [0.15, 0.2) is 0 Å². The van der Waals surface area contributed by atoms with E-state index in [1.165, 1.54) is 0 Å². The summed E-state index contributed by atoms with van der Waals surface area (Å²) in [5.74, 6) is -0.455. The highest BCUT2D eigenvalue weighted by molar-refractivity contribution is 7.86. The molecule has 5 heteroatoms. The first-order valence-electron chi connectivity index (χ1n) is 1.61. The van der Waals surface area contributed by atoms with E-state index in [-0.39, 0.29) is 0 Å². The maximum Gasteiger partial charge on any atom is 0.280 e. The van der Waals surface area contributed by atoms with Crippen LogP contribution >= 0.6 is 0 Å². The zero-order chi connectivity index (χ0) is 5.91. The first-order chi connectivity index (χ1) is 3.12. The quantitative estimate of drug-likeness (QED) is 0.474. The molecule has 0 aromatic heterocycles. The lowest BCUT2D eigenvalue weighted by atomic mass is 11.6. The Kier molecular flexibility index (Phi) is 2.21. The van der Waals surface area contributed by atoms with Gasteiger partial charge in [0.1, 0.15) is 5.88 Å². The lowest BCUT2D eigenvalue weighted by molar-refractivity contribution is 0.398. The predicted molar refractivity (Wildman–Crippen MR) is 25.0 cm³/mol. The molecule has 44 valence electrons. The maximum atomic E-state index is 10.0. The van der Waals surface area contributed by atoms with Crippen LogP contribution in [0.25, 0.3) is 0 Å². The molecule has 0 aromatic carbocycles. The zero-order valence-corrected chi connectivity index (χ0v) is 4.73. The average molecular weight is 125 g/mol. The van der Waals surface area contributed by atoms with Crippen LogP contribution < -0.4 is 5.73 Å². The van der Waals surface area contributed by atoms with Crippen LogP contribution in [0.3, 0.4) is 0 Å². The monoisotopic (exact) mass is 125 g/mol. The van der Waals surface area contributed by atoms with Crippen LogP contribution in [0, 0.1) is 0 Å². The second kappa shape index (κ2) is 2.25. The van der Waals surface area contributed by atoms with Crippen LogP contribution in [0.5, 0.6) is 0 Å². The summed E-state index contributed by atoms with van der Waals surface area (Å²) in [5, 5.41) is 0. The summed E-state index contributed by atoms with van der Waals surface area (Å²) in [6, 6.07) is 0. The summed E-state index contributed by atoms with van der Waals surface area (Å²) in [5.41, 5.74) is 4.70. The molecule has 0 aliphatic heterocycles. The fraction of sp³-hybridized carbons (Fsp3) is 1.00. The van der Waals surface area contributed by atoms with Gasteiger partial charge in [-0.05, 0) is 0 Å². The van der Waals surface area contributed by atoms with Gasteiger partial charge in [-0.15, -0.1) is 0 Å². The molecule has 0 aliphatic carbocycles. The van der Waals surface area contributed by atoms with Crippen LogP contribution in [0.4, 0.5) is 0 Å². The van der Waals surface area contributed by atoms with Gasteiger partial charge in [-0.3, -0.25) is 4.18 Å². The lowest BCUT2D eigenvalue weighted by Gasteiger charge is -1.91. The van der Waals surface area contributed by atoms with Gasteiger partial charge in [0.05, 0.1) is 7.11 Å². The largest absolute Gasteiger partial charge is 0.316 e. The van der Waals surface area contributed by atoms with E-state index < -0.39 is 16.0 Å². The summed E-state index contributed by atoms with van der Waals surface area (Å²) in [6.45, 7) is 0. The number of hydrogen-bond donors (Lipinski definition) is 1. The third-order valence-corrected chi connectivity index (χ3v) is 1.37. The highest BCUT2D eigenvalue weighted by atomic mass is 32.2. The molecular formula is C2H7NO3S. The second-order valence-electron chi connectivity index (χ2n) is 0.891. The molecule has 0 heterocycles. The van der Waals surface area contributed by atoms with Gasteiger partial charge in [-0.25, -0.2) is 0 Å². The van der Waals surface area contributed by atoms with Crippen molar-refractivity contribution in [3.63, 3.8) is 0 Å². The van der Waals surface area contributed by atoms with Crippen molar-refractivity contribution >= 4 is 10.1 Å². The summed E-state index contributed by atoms with van der Waals surface area (Å²) in [6.07, 6.45) is 0. The van der Waals surface area contributed by atoms with E-state index in [2.05, 4.69) is 4.18 Å². The molecule has 0 aromatic rings. The van der Waals surface area contributed by atoms with Gasteiger partial charge in [0.25, 0.3) is 10.1 Å². The average Bonchev–Trinajstić information content (AvgIpc) is 1.68. The van der Waals surface area contributed by atoms with Gasteiger partial charge in [0.2, 0.25) is 0 Å². The number of hydrogen-bond acceptors (Lipinski definition) is 4. The van der Waals surface area contributed by atoms with Crippen LogP contribution in [0.2, 0.25) is 0 Å². The van der Waals surface area contributed by atoms with Crippen LogP contribution in [-0.2, 0) is 14.3 Å². The SMILES string of the molecule is COS(=O)(=O)CN. The smallest absolute Gasteiger partial charge is 0.280 e. The molecule has 0 saturated heterocycles. The Hall–Kier alpha value is -0.130. The third kappa shape index (κ3) is 2.55. The Labute approximate surface area is 42.4 Å². The summed E-state index contributed by atoms with van der Waals surface area (Å²) in [4.78, 5) is 0. The first kappa shape index (κ1) is 6.87. The van der Waals surface area contributed by atoms with E-state index in [4.69, 9.17) is 5.73 Å². The van der Waals surface area contributed by atoms with E-state index in [1.807, 2.05) is 0 Å². The second-order valence-corrected chi connectivity index (χ2v) is 2.67. The van der Waals surface area contributed by atoms with Crippen molar-refractivity contribution < 1.29 is 12.6 Å². The van der Waals surface area contributed by atoms with E-state index in [1.54, 1.807) is 0 Å². The molecule has 7 heavy (non-hydrogen) atoms. The molecule has 0 bridgehead atoms. The Morgan fingerprint density at radius 1 is 1.71 bits per heavy atom. The van der Waals surface area contributed by atoms with Crippen molar-refractivity contribution in [3.8, 4) is 0 Å². The molecule has 4 nitrogen and oxygen atoms in total. The minimum Gasteiger partial charge on any atom is -0.316 e. The number of nitrogens with two attached hydrogens (primary N) is 1. The van der Waals surface area contributed by atoms with Gasteiger partial charge in [-0.2, -0.15) is 8.42 Å². The van der Waals surface area contributed by atoms with Gasteiger partial charge < -0.3 is 5.73 Å². The standard InChI is InChI=1S/C2H7NO3S/c1-6-7(4,5)2-3/h2-3H2,1H3. The molecule has 0 amide bonds. The fourth-order valence-electron chi connectivity index (χ4n) is 0.0680. The van der Waals surface area contributed by atoms with Crippen molar-refractivity contribution in [1.82, 2.24) is 0 Å². The molecule has 0 aliphatic rings. The Morgan fingerprint density at radius 3 is 2.14 bits per heavy atom. The number of rotatable bonds is 2. The van der Waals surface area contributed by atoms with Crippen molar-refractivity contribution in [2.75, 3.05) is 13.0 Å². The van der Waals surface area contributed by atoms with Crippen LogP contribution in [0.1, 0.15) is 0 Å². The first-order valence-corrected chi connectivity index (χ1v) is 3.18. The highest BCUT2D eigenvalue weighted by Crippen LogP contribution is 1.80. The van der Waals surface area contributed by atoms with E-state index >= 15 is 0 Å². The maximum absolute atomic E-state index is 10.0. The predicted octanol–water partition coefficient (Wildman–Crippen LogP) is -1.12. The Morgan fingerprint density at radius 2 is 2.14 bits per heavy atom. The molecule has 2 N–H and O–H groups in total. The Balaban J connectivity index is 3.89. The highest BCUT2D eigenvalue weighted by Gasteiger charge is 2.00. The summed E-state index contributed by atoms with van der Waals surface area (Å²) < 4.78 is 24.0. The van der Waals surface area contributed by atoms with Gasteiger partial charge >= 0.3 is 0 Å². The minimum atomic E-state index is -3.38. The summed E-state index contributed by atoms with van der Waals surface area (Å²) >= 11 is 0. The van der Waals surface area contributed by atoms with Gasteiger partial charge in [-0.1, -0.05) is 0 Å². The molecule has 0 unspecified atom stereocenters. The topological polar surface area (TPSA) is 69.4 Å². The van der Waals surface area contributed by atoms with Crippen molar-refractivity contribution in [3.05, 3.63) is 0 Å². The molecule has 0 saturated carbocycles. The Bertz CT molecular complexity index is 116. The lowest BCUT2D eigenvalue weighted by Crippen LogP contribution is -2.14. The molecule has 0 spiro atoms.